The van der Waals surface area contributed by atoms with Crippen LogP contribution in [0.5, 0.6) is 11.5 Å². The molecule has 138 valence electrons. The summed E-state index contributed by atoms with van der Waals surface area (Å²) in [6.07, 6.45) is 7.63. The Morgan fingerprint density at radius 3 is 2.16 bits per heavy atom. The number of carbonyl (C=O) groups is 2. The highest BCUT2D eigenvalue weighted by atomic mass is 16.5. The summed E-state index contributed by atoms with van der Waals surface area (Å²) < 4.78 is 10.1. The molecule has 25 heavy (non-hydrogen) atoms. The Hall–Kier alpha value is -2.50. The van der Waals surface area contributed by atoms with Crippen LogP contribution >= 0.6 is 0 Å². The maximum absolute atomic E-state index is 10.7. The molecule has 0 spiro atoms. The molecule has 6 nitrogen and oxygen atoms in total. The van der Waals surface area contributed by atoms with E-state index in [1.807, 2.05) is 6.92 Å². The first-order chi connectivity index (χ1) is 11.8. The third kappa shape index (κ3) is 6.49. The predicted molar refractivity (Wildman–Crippen MR) is 95.0 cm³/mol. The lowest BCUT2D eigenvalue weighted by molar-refractivity contribution is -0.149. The molecule has 0 saturated heterocycles. The molecule has 0 atom stereocenters. The predicted octanol–water partition coefficient (Wildman–Crippen LogP) is 3.84. The molecule has 1 aromatic carbocycles. The van der Waals surface area contributed by atoms with Gasteiger partial charge in [-0.25, -0.2) is 4.79 Å². The van der Waals surface area contributed by atoms with Crippen molar-refractivity contribution in [2.45, 2.75) is 39.0 Å². The van der Waals surface area contributed by atoms with E-state index in [1.165, 1.54) is 19.6 Å². The van der Waals surface area contributed by atoms with Gasteiger partial charge in [0.25, 0.3) is 0 Å². The van der Waals surface area contributed by atoms with Crippen LogP contribution in [-0.4, -0.2) is 36.4 Å². The Balaban J connectivity index is 0.000000271. The molecule has 0 bridgehead atoms. The molecule has 2 N–H and O–H groups in total. The van der Waals surface area contributed by atoms with Crippen LogP contribution < -0.4 is 9.47 Å². The van der Waals surface area contributed by atoms with Crippen molar-refractivity contribution in [1.29, 1.82) is 0 Å². The molecule has 1 fully saturated rings. The van der Waals surface area contributed by atoms with Crippen LogP contribution in [0.2, 0.25) is 0 Å². The zero-order chi connectivity index (χ0) is 18.9. The van der Waals surface area contributed by atoms with Gasteiger partial charge in [0.2, 0.25) is 0 Å². The van der Waals surface area contributed by atoms with Crippen molar-refractivity contribution >= 4 is 18.0 Å². The second-order valence-corrected chi connectivity index (χ2v) is 6.21. The summed E-state index contributed by atoms with van der Waals surface area (Å²) in [6, 6.07) is 5.18. The number of aliphatic carboxylic acids is 2. The molecule has 1 aliphatic carbocycles. The number of hydrogen-bond acceptors (Lipinski definition) is 4. The van der Waals surface area contributed by atoms with Crippen LogP contribution in [0.25, 0.3) is 6.08 Å². The van der Waals surface area contributed by atoms with Gasteiger partial charge in [-0.05, 0) is 44.0 Å². The van der Waals surface area contributed by atoms with E-state index >= 15 is 0 Å². The second-order valence-electron chi connectivity index (χ2n) is 6.21. The summed E-state index contributed by atoms with van der Waals surface area (Å²) >= 11 is 0. The summed E-state index contributed by atoms with van der Waals surface area (Å²) in [6.45, 7) is 1.86. The second kappa shape index (κ2) is 9.71. The molecule has 1 aromatic rings. The zero-order valence-electron chi connectivity index (χ0n) is 14.9. The van der Waals surface area contributed by atoms with E-state index < -0.39 is 17.4 Å². The number of carboxylic acids is 2. The summed E-state index contributed by atoms with van der Waals surface area (Å²) in [5.41, 5.74) is 0.261. The van der Waals surface area contributed by atoms with Crippen molar-refractivity contribution in [1.82, 2.24) is 0 Å². The largest absolute Gasteiger partial charge is 0.497 e. The Kier molecular flexibility index (Phi) is 7.98. The highest BCUT2D eigenvalue weighted by molar-refractivity contribution is 5.86. The molecule has 0 radical (unpaired) electrons. The standard InChI is InChI=1S/C11H12O4.C8H14O2/c1-14-9-4-5-10(15-2)8(7-9)3-6-11(12)13;1-8(7(9)10)5-3-2-4-6-8/h3-7H,1-2H3,(H,12,13);2-6H2,1H3,(H,9,10). The maximum atomic E-state index is 10.7. The molecule has 2 rings (SSSR count). The molecule has 0 aliphatic heterocycles. The Bertz CT molecular complexity index is 614. The van der Waals surface area contributed by atoms with E-state index in [0.29, 0.717) is 17.1 Å². The van der Waals surface area contributed by atoms with Crippen LogP contribution in [0.15, 0.2) is 24.3 Å². The van der Waals surface area contributed by atoms with Crippen LogP contribution in [0.3, 0.4) is 0 Å². The number of carboxylic acid groups (broad SMARTS) is 2. The Morgan fingerprint density at radius 1 is 1.08 bits per heavy atom. The van der Waals surface area contributed by atoms with E-state index in [2.05, 4.69) is 0 Å². The number of hydrogen-bond donors (Lipinski definition) is 2. The minimum absolute atomic E-state index is 0.405. The van der Waals surface area contributed by atoms with Gasteiger partial charge >= 0.3 is 11.9 Å². The van der Waals surface area contributed by atoms with E-state index in [1.54, 1.807) is 25.3 Å². The molecule has 0 amide bonds. The van der Waals surface area contributed by atoms with E-state index in [9.17, 15) is 9.59 Å². The van der Waals surface area contributed by atoms with Gasteiger partial charge < -0.3 is 19.7 Å². The highest BCUT2D eigenvalue weighted by Gasteiger charge is 2.33. The fourth-order valence-electron chi connectivity index (χ4n) is 2.68. The van der Waals surface area contributed by atoms with Gasteiger partial charge in [0, 0.05) is 11.6 Å². The van der Waals surface area contributed by atoms with Gasteiger partial charge in [-0.3, -0.25) is 4.79 Å². The van der Waals surface area contributed by atoms with Crippen LogP contribution in [0.4, 0.5) is 0 Å². The van der Waals surface area contributed by atoms with E-state index in [4.69, 9.17) is 19.7 Å². The average molecular weight is 350 g/mol. The maximum Gasteiger partial charge on any atom is 0.328 e. The van der Waals surface area contributed by atoms with Crippen molar-refractivity contribution in [3.05, 3.63) is 29.8 Å². The molecule has 1 aliphatic rings. The first-order valence-corrected chi connectivity index (χ1v) is 8.19. The normalized spacial score (nSPS) is 15.8. The van der Waals surface area contributed by atoms with Crippen molar-refractivity contribution in [2.24, 2.45) is 5.41 Å². The number of methoxy groups -OCH3 is 2. The van der Waals surface area contributed by atoms with Crippen LogP contribution in [0.1, 0.15) is 44.6 Å². The highest BCUT2D eigenvalue weighted by Crippen LogP contribution is 2.35. The SMILES string of the molecule is CC1(C(=O)O)CCCCC1.COc1ccc(OC)c(C=CC(=O)O)c1. The molecular formula is C19H26O6. The first-order valence-electron chi connectivity index (χ1n) is 8.19. The lowest BCUT2D eigenvalue weighted by Crippen LogP contribution is -2.29. The summed E-state index contributed by atoms with van der Waals surface area (Å²) in [5.74, 6) is -0.360. The molecule has 1 saturated carbocycles. The summed E-state index contributed by atoms with van der Waals surface area (Å²) in [7, 11) is 3.08. The minimum Gasteiger partial charge on any atom is -0.497 e. The Morgan fingerprint density at radius 2 is 1.72 bits per heavy atom. The molecule has 0 unspecified atom stereocenters. The van der Waals surface area contributed by atoms with Crippen molar-refractivity contribution in [3.63, 3.8) is 0 Å². The third-order valence-corrected chi connectivity index (χ3v) is 4.32. The van der Waals surface area contributed by atoms with Crippen molar-refractivity contribution in [2.75, 3.05) is 14.2 Å². The van der Waals surface area contributed by atoms with Gasteiger partial charge in [0.1, 0.15) is 11.5 Å². The smallest absolute Gasteiger partial charge is 0.328 e. The number of benzene rings is 1. The van der Waals surface area contributed by atoms with Gasteiger partial charge in [-0.1, -0.05) is 19.3 Å². The number of ether oxygens (including phenoxy) is 2. The van der Waals surface area contributed by atoms with E-state index in [0.717, 1.165) is 31.8 Å². The fourth-order valence-corrected chi connectivity index (χ4v) is 2.68. The van der Waals surface area contributed by atoms with E-state index in [-0.39, 0.29) is 0 Å². The van der Waals surface area contributed by atoms with Crippen LogP contribution in [-0.2, 0) is 9.59 Å². The zero-order valence-corrected chi connectivity index (χ0v) is 14.9. The van der Waals surface area contributed by atoms with Crippen molar-refractivity contribution < 1.29 is 29.3 Å². The molecular weight excluding hydrogens is 324 g/mol. The summed E-state index contributed by atoms with van der Waals surface area (Å²) in [5, 5.41) is 17.3. The average Bonchev–Trinajstić information content (AvgIpc) is 2.60. The monoisotopic (exact) mass is 350 g/mol. The van der Waals surface area contributed by atoms with Crippen molar-refractivity contribution in [3.8, 4) is 11.5 Å². The third-order valence-electron chi connectivity index (χ3n) is 4.32. The fraction of sp³-hybridized carbons (Fsp3) is 0.474. The quantitative estimate of drug-likeness (QED) is 0.784. The Labute approximate surface area is 148 Å². The van der Waals surface area contributed by atoms with Gasteiger partial charge in [-0.15, -0.1) is 0 Å². The van der Waals surface area contributed by atoms with Gasteiger partial charge in [-0.2, -0.15) is 0 Å². The van der Waals surface area contributed by atoms with Crippen LogP contribution in [0, 0.1) is 5.41 Å². The van der Waals surface area contributed by atoms with Gasteiger partial charge in [0.15, 0.2) is 0 Å². The lowest BCUT2D eigenvalue weighted by atomic mass is 9.76. The number of rotatable bonds is 5. The topological polar surface area (TPSA) is 93.1 Å². The summed E-state index contributed by atoms with van der Waals surface area (Å²) in [4.78, 5) is 21.0. The van der Waals surface area contributed by atoms with Gasteiger partial charge in [0.05, 0.1) is 19.6 Å². The molecule has 0 heterocycles. The minimum atomic E-state index is -1.00. The first kappa shape index (κ1) is 20.5. The lowest BCUT2D eigenvalue weighted by Gasteiger charge is -2.28. The molecule has 6 heteroatoms. The molecule has 0 aromatic heterocycles.